The summed E-state index contributed by atoms with van der Waals surface area (Å²) >= 11 is 1.73. The molecule has 19 heavy (non-hydrogen) atoms. The third kappa shape index (κ3) is 6.18. The second-order valence-electron chi connectivity index (χ2n) is 4.89. The first-order valence-electron chi connectivity index (χ1n) is 6.60. The van der Waals surface area contributed by atoms with Gasteiger partial charge in [0.2, 0.25) is 0 Å². The second kappa shape index (κ2) is 9.07. The third-order valence-corrected chi connectivity index (χ3v) is 4.12. The first-order valence-corrected chi connectivity index (χ1v) is 7.99. The molecule has 0 bridgehead atoms. The van der Waals surface area contributed by atoms with E-state index in [0.717, 1.165) is 12.2 Å². The fraction of sp³-hybridized carbons (Fsp3) is 0.846. The summed E-state index contributed by atoms with van der Waals surface area (Å²) in [5, 5.41) is 11.8. The maximum absolute atomic E-state index is 12.0. The minimum Gasteiger partial charge on any atom is -0.480 e. The van der Waals surface area contributed by atoms with Gasteiger partial charge in [-0.2, -0.15) is 11.8 Å². The summed E-state index contributed by atoms with van der Waals surface area (Å²) in [6.07, 6.45) is 3.63. The molecule has 112 valence electrons. The van der Waals surface area contributed by atoms with Crippen molar-refractivity contribution in [3.8, 4) is 0 Å². The van der Waals surface area contributed by atoms with Gasteiger partial charge in [-0.25, -0.2) is 9.59 Å². The molecule has 0 aromatic rings. The van der Waals surface area contributed by atoms with E-state index in [1.807, 2.05) is 27.0 Å². The van der Waals surface area contributed by atoms with Crippen LogP contribution in [0.4, 0.5) is 4.79 Å². The van der Waals surface area contributed by atoms with Gasteiger partial charge in [0.05, 0.1) is 0 Å². The van der Waals surface area contributed by atoms with Gasteiger partial charge in [0, 0.05) is 13.1 Å². The van der Waals surface area contributed by atoms with Gasteiger partial charge in [0.25, 0.3) is 0 Å². The van der Waals surface area contributed by atoms with Crippen molar-refractivity contribution in [1.82, 2.24) is 10.2 Å². The molecule has 0 radical (unpaired) electrons. The molecule has 2 unspecified atom stereocenters. The van der Waals surface area contributed by atoms with Gasteiger partial charge in [-0.1, -0.05) is 20.3 Å². The van der Waals surface area contributed by atoms with Gasteiger partial charge < -0.3 is 15.3 Å². The number of thioether (sulfide) groups is 1. The molecular formula is C13H26N2O3S. The van der Waals surface area contributed by atoms with Crippen molar-refractivity contribution in [2.45, 2.75) is 45.7 Å². The predicted octanol–water partition coefficient (Wildman–Crippen LogP) is 2.27. The van der Waals surface area contributed by atoms with E-state index >= 15 is 0 Å². The molecule has 0 saturated carbocycles. The Hall–Kier alpha value is -0.910. The second-order valence-corrected chi connectivity index (χ2v) is 5.88. The lowest BCUT2D eigenvalue weighted by atomic mass is 9.99. The highest BCUT2D eigenvalue weighted by Gasteiger charge is 2.27. The number of nitrogens with zero attached hydrogens (tertiary/aromatic N) is 1. The predicted molar refractivity (Wildman–Crippen MR) is 79.6 cm³/mol. The maximum Gasteiger partial charge on any atom is 0.326 e. The Morgan fingerprint density at radius 3 is 2.37 bits per heavy atom. The standard InChI is InChI=1S/C13H26N2O3S/c1-6-9(2)11(12(16)17)14-13(18)15(4)10(3)7-8-19-5/h9-11H,6-8H2,1-5H3,(H,14,18)(H,16,17)/t9?,10?,11-/m0/s1. The van der Waals surface area contributed by atoms with Crippen LogP contribution in [0.25, 0.3) is 0 Å². The van der Waals surface area contributed by atoms with E-state index in [4.69, 9.17) is 5.11 Å². The van der Waals surface area contributed by atoms with Crippen LogP contribution in [0.3, 0.4) is 0 Å². The van der Waals surface area contributed by atoms with Crippen molar-refractivity contribution in [2.24, 2.45) is 5.92 Å². The Kier molecular flexibility index (Phi) is 8.63. The first-order chi connectivity index (χ1) is 8.84. The first kappa shape index (κ1) is 18.1. The molecular weight excluding hydrogens is 264 g/mol. The number of amides is 2. The molecule has 0 spiro atoms. The number of rotatable bonds is 8. The highest BCUT2D eigenvalue weighted by molar-refractivity contribution is 7.98. The molecule has 0 aromatic heterocycles. The van der Waals surface area contributed by atoms with Crippen molar-refractivity contribution in [3.05, 3.63) is 0 Å². The van der Waals surface area contributed by atoms with Crippen LogP contribution in [-0.4, -0.2) is 53.1 Å². The van der Waals surface area contributed by atoms with E-state index in [-0.39, 0.29) is 18.0 Å². The molecule has 0 fully saturated rings. The minimum atomic E-state index is -0.979. The van der Waals surface area contributed by atoms with Crippen LogP contribution < -0.4 is 5.32 Å². The number of nitrogens with one attached hydrogen (secondary N) is 1. The molecule has 0 rings (SSSR count). The van der Waals surface area contributed by atoms with Gasteiger partial charge in [0.1, 0.15) is 6.04 Å². The third-order valence-electron chi connectivity index (χ3n) is 3.48. The Bertz CT molecular complexity index is 300. The van der Waals surface area contributed by atoms with E-state index in [0.29, 0.717) is 6.42 Å². The van der Waals surface area contributed by atoms with Crippen molar-refractivity contribution < 1.29 is 14.7 Å². The highest BCUT2D eigenvalue weighted by atomic mass is 32.2. The monoisotopic (exact) mass is 290 g/mol. The summed E-state index contributed by atoms with van der Waals surface area (Å²) in [4.78, 5) is 24.8. The molecule has 0 aliphatic carbocycles. The van der Waals surface area contributed by atoms with E-state index in [2.05, 4.69) is 5.32 Å². The zero-order valence-corrected chi connectivity index (χ0v) is 13.3. The number of carboxylic acid groups (broad SMARTS) is 1. The number of carboxylic acids is 1. The minimum absolute atomic E-state index is 0.0867. The van der Waals surface area contributed by atoms with Gasteiger partial charge >= 0.3 is 12.0 Å². The molecule has 0 heterocycles. The Labute approximate surface area is 120 Å². The van der Waals surface area contributed by atoms with Crippen molar-refractivity contribution in [1.29, 1.82) is 0 Å². The Morgan fingerprint density at radius 1 is 1.37 bits per heavy atom. The van der Waals surface area contributed by atoms with E-state index in [1.54, 1.807) is 23.7 Å². The van der Waals surface area contributed by atoms with Gasteiger partial charge in [-0.05, 0) is 31.3 Å². The molecule has 5 nitrogen and oxygen atoms in total. The van der Waals surface area contributed by atoms with Crippen LogP contribution in [0.5, 0.6) is 0 Å². The molecule has 2 amide bonds. The van der Waals surface area contributed by atoms with Crippen molar-refractivity contribution in [3.63, 3.8) is 0 Å². The lowest BCUT2D eigenvalue weighted by Crippen LogP contribution is -2.51. The SMILES string of the molecule is CCC(C)[C@H](NC(=O)N(C)C(C)CCSC)C(=O)O. The zero-order valence-electron chi connectivity index (χ0n) is 12.5. The topological polar surface area (TPSA) is 69.6 Å². The normalized spacial score (nSPS) is 15.4. The van der Waals surface area contributed by atoms with Crippen LogP contribution in [0.15, 0.2) is 0 Å². The molecule has 3 atom stereocenters. The van der Waals surface area contributed by atoms with E-state index in [1.165, 1.54) is 0 Å². The van der Waals surface area contributed by atoms with Crippen molar-refractivity contribution in [2.75, 3.05) is 19.1 Å². The molecule has 6 heteroatoms. The fourth-order valence-corrected chi connectivity index (χ4v) is 2.18. The van der Waals surface area contributed by atoms with Crippen LogP contribution in [0.1, 0.15) is 33.6 Å². The van der Waals surface area contributed by atoms with Gasteiger partial charge in [-0.15, -0.1) is 0 Å². The number of hydrogen-bond acceptors (Lipinski definition) is 3. The van der Waals surface area contributed by atoms with Crippen LogP contribution in [0, 0.1) is 5.92 Å². The Morgan fingerprint density at radius 2 is 1.95 bits per heavy atom. The highest BCUT2D eigenvalue weighted by Crippen LogP contribution is 2.10. The van der Waals surface area contributed by atoms with Gasteiger partial charge in [0.15, 0.2) is 0 Å². The summed E-state index contributed by atoms with van der Waals surface area (Å²) in [5.41, 5.74) is 0. The number of carbonyl (C=O) groups excluding carboxylic acids is 1. The smallest absolute Gasteiger partial charge is 0.326 e. The summed E-state index contributed by atoms with van der Waals surface area (Å²) < 4.78 is 0. The van der Waals surface area contributed by atoms with Gasteiger partial charge in [-0.3, -0.25) is 0 Å². The lowest BCUT2D eigenvalue weighted by Gasteiger charge is -2.28. The number of hydrogen-bond donors (Lipinski definition) is 2. The van der Waals surface area contributed by atoms with Crippen LogP contribution >= 0.6 is 11.8 Å². The summed E-state index contributed by atoms with van der Waals surface area (Å²) in [7, 11) is 1.70. The van der Waals surface area contributed by atoms with Crippen molar-refractivity contribution >= 4 is 23.8 Å². The molecule has 0 saturated heterocycles. The average Bonchev–Trinajstić information content (AvgIpc) is 2.39. The van der Waals surface area contributed by atoms with Crippen LogP contribution in [-0.2, 0) is 4.79 Å². The molecule has 0 aliphatic heterocycles. The molecule has 0 aliphatic rings. The summed E-state index contributed by atoms with van der Waals surface area (Å²) in [6.45, 7) is 5.71. The largest absolute Gasteiger partial charge is 0.480 e. The van der Waals surface area contributed by atoms with Crippen LogP contribution in [0.2, 0.25) is 0 Å². The summed E-state index contributed by atoms with van der Waals surface area (Å²) in [6, 6.07) is -1.05. The van der Waals surface area contributed by atoms with E-state index in [9.17, 15) is 9.59 Å². The fourth-order valence-electron chi connectivity index (χ4n) is 1.60. The number of urea groups is 1. The lowest BCUT2D eigenvalue weighted by molar-refractivity contribution is -0.140. The zero-order chi connectivity index (χ0) is 15.0. The quantitative estimate of drug-likeness (QED) is 0.719. The molecule has 2 N–H and O–H groups in total. The average molecular weight is 290 g/mol. The summed E-state index contributed by atoms with van der Waals surface area (Å²) in [5.74, 6) is -0.0869. The molecule has 0 aromatic carbocycles. The maximum atomic E-state index is 12.0. The number of aliphatic carboxylic acids is 1. The Balaban J connectivity index is 4.50. The van der Waals surface area contributed by atoms with E-state index < -0.39 is 12.0 Å². The number of carbonyl (C=O) groups is 2.